The Labute approximate surface area is 151 Å². The zero-order chi connectivity index (χ0) is 18.4. The number of nitrogens with one attached hydrogen (secondary N) is 1. The molecule has 0 atom stereocenters. The first kappa shape index (κ1) is 17.2. The lowest BCUT2D eigenvalue weighted by atomic mass is 10.1. The van der Waals surface area contributed by atoms with Crippen LogP contribution in [0.15, 0.2) is 60.9 Å². The second kappa shape index (κ2) is 7.99. The van der Waals surface area contributed by atoms with E-state index in [1.807, 2.05) is 36.0 Å². The van der Waals surface area contributed by atoms with Crippen molar-refractivity contribution in [3.63, 3.8) is 0 Å². The van der Waals surface area contributed by atoms with Gasteiger partial charge in [0.1, 0.15) is 18.2 Å². The van der Waals surface area contributed by atoms with Crippen LogP contribution in [0.2, 0.25) is 0 Å². The van der Waals surface area contributed by atoms with Crippen LogP contribution in [0.5, 0.6) is 5.75 Å². The summed E-state index contributed by atoms with van der Waals surface area (Å²) in [6.07, 6.45) is 3.52. The van der Waals surface area contributed by atoms with Crippen LogP contribution in [-0.4, -0.2) is 15.5 Å². The maximum atomic E-state index is 12.3. The molecular weight excluding hydrogens is 328 g/mol. The molecule has 130 valence electrons. The first-order chi connectivity index (χ1) is 12.7. The van der Waals surface area contributed by atoms with E-state index in [1.54, 1.807) is 36.5 Å². The fourth-order valence-corrected chi connectivity index (χ4v) is 2.47. The molecule has 0 bridgehead atoms. The monoisotopic (exact) mass is 346 g/mol. The lowest BCUT2D eigenvalue weighted by Crippen LogP contribution is -2.24. The minimum absolute atomic E-state index is 0.198. The van der Waals surface area contributed by atoms with Gasteiger partial charge in [0.25, 0.3) is 5.91 Å². The number of hydrogen-bond acceptors (Lipinski definition) is 4. The van der Waals surface area contributed by atoms with E-state index in [2.05, 4.69) is 16.4 Å². The fourth-order valence-electron chi connectivity index (χ4n) is 2.47. The zero-order valence-corrected chi connectivity index (χ0v) is 14.3. The Hall–Kier alpha value is -3.59. The first-order valence-corrected chi connectivity index (χ1v) is 8.12. The number of imidazole rings is 1. The molecule has 0 saturated carbocycles. The second-order valence-electron chi connectivity index (χ2n) is 5.72. The highest BCUT2D eigenvalue weighted by molar-refractivity contribution is 5.94. The maximum absolute atomic E-state index is 12.3. The number of ether oxygens (including phenoxy) is 1. The van der Waals surface area contributed by atoms with Gasteiger partial charge in [-0.2, -0.15) is 5.26 Å². The Kier molecular flexibility index (Phi) is 5.30. The van der Waals surface area contributed by atoms with Crippen LogP contribution in [-0.2, 0) is 20.2 Å². The van der Waals surface area contributed by atoms with Crippen molar-refractivity contribution in [1.29, 1.82) is 5.26 Å². The highest BCUT2D eigenvalue weighted by atomic mass is 16.5. The third-order valence-corrected chi connectivity index (χ3v) is 3.96. The van der Waals surface area contributed by atoms with Gasteiger partial charge in [0.15, 0.2) is 0 Å². The molecule has 1 aromatic heterocycles. The predicted octanol–water partition coefficient (Wildman–Crippen LogP) is 2.80. The first-order valence-electron chi connectivity index (χ1n) is 8.12. The molecule has 0 unspecified atom stereocenters. The van der Waals surface area contributed by atoms with Gasteiger partial charge in [-0.25, -0.2) is 4.98 Å². The van der Waals surface area contributed by atoms with Crippen LogP contribution in [0, 0.1) is 11.3 Å². The average Bonchev–Trinajstić information content (AvgIpc) is 3.09. The minimum atomic E-state index is -0.198. The third kappa shape index (κ3) is 4.08. The van der Waals surface area contributed by atoms with E-state index in [-0.39, 0.29) is 12.5 Å². The van der Waals surface area contributed by atoms with Crippen LogP contribution in [0.4, 0.5) is 0 Å². The minimum Gasteiger partial charge on any atom is -0.489 e. The van der Waals surface area contributed by atoms with Gasteiger partial charge in [-0.1, -0.05) is 24.3 Å². The van der Waals surface area contributed by atoms with E-state index in [4.69, 9.17) is 10.00 Å². The quantitative estimate of drug-likeness (QED) is 0.744. The van der Waals surface area contributed by atoms with Crippen molar-refractivity contribution >= 4 is 5.91 Å². The van der Waals surface area contributed by atoms with Crippen molar-refractivity contribution in [1.82, 2.24) is 14.9 Å². The van der Waals surface area contributed by atoms with Crippen LogP contribution >= 0.6 is 0 Å². The van der Waals surface area contributed by atoms with E-state index in [0.29, 0.717) is 23.4 Å². The summed E-state index contributed by atoms with van der Waals surface area (Å²) in [6.45, 7) is 0.616. The Morgan fingerprint density at radius 3 is 2.88 bits per heavy atom. The number of benzene rings is 2. The Balaban J connectivity index is 1.63. The zero-order valence-electron chi connectivity index (χ0n) is 14.3. The largest absolute Gasteiger partial charge is 0.489 e. The Morgan fingerprint density at radius 1 is 1.27 bits per heavy atom. The maximum Gasteiger partial charge on any atom is 0.251 e. The van der Waals surface area contributed by atoms with Crippen LogP contribution < -0.4 is 10.1 Å². The molecule has 0 spiro atoms. The van der Waals surface area contributed by atoms with Gasteiger partial charge in [-0.15, -0.1) is 0 Å². The SMILES string of the molecule is Cn1ccnc1CNC(=O)c1cccc(OCc2ccccc2C#N)c1. The molecular formula is C20H18N4O2. The van der Waals surface area contributed by atoms with Gasteiger partial charge in [0, 0.05) is 30.6 Å². The Morgan fingerprint density at radius 2 is 2.12 bits per heavy atom. The van der Waals surface area contributed by atoms with E-state index in [1.165, 1.54) is 0 Å². The molecule has 1 N–H and O–H groups in total. The van der Waals surface area contributed by atoms with Gasteiger partial charge in [0.05, 0.1) is 18.2 Å². The molecule has 1 heterocycles. The number of nitrogens with zero attached hydrogens (tertiary/aromatic N) is 3. The molecule has 1 amide bonds. The molecule has 6 heteroatoms. The summed E-state index contributed by atoms with van der Waals surface area (Å²) in [5.41, 5.74) is 1.89. The van der Waals surface area contributed by atoms with Crippen molar-refractivity contribution in [3.05, 3.63) is 83.4 Å². The van der Waals surface area contributed by atoms with E-state index >= 15 is 0 Å². The lowest BCUT2D eigenvalue weighted by molar-refractivity contribution is 0.0949. The van der Waals surface area contributed by atoms with Crippen molar-refractivity contribution in [2.24, 2.45) is 7.05 Å². The van der Waals surface area contributed by atoms with Gasteiger partial charge < -0.3 is 14.6 Å². The highest BCUT2D eigenvalue weighted by Gasteiger charge is 2.09. The highest BCUT2D eigenvalue weighted by Crippen LogP contribution is 2.17. The number of amides is 1. The smallest absolute Gasteiger partial charge is 0.251 e. The molecule has 6 nitrogen and oxygen atoms in total. The molecule has 3 rings (SSSR count). The number of rotatable bonds is 6. The van der Waals surface area contributed by atoms with E-state index in [0.717, 1.165) is 11.4 Å². The number of carbonyl (C=O) groups is 1. The van der Waals surface area contributed by atoms with E-state index in [9.17, 15) is 4.79 Å². The van der Waals surface area contributed by atoms with Crippen molar-refractivity contribution < 1.29 is 9.53 Å². The second-order valence-corrected chi connectivity index (χ2v) is 5.72. The molecule has 0 radical (unpaired) electrons. The molecule has 0 aliphatic rings. The van der Waals surface area contributed by atoms with E-state index < -0.39 is 0 Å². The standard InChI is InChI=1S/C20H18N4O2/c1-24-10-9-22-19(24)13-23-20(25)15-7-4-8-18(11-15)26-14-17-6-3-2-5-16(17)12-21/h2-11H,13-14H2,1H3,(H,23,25). The molecule has 0 aliphatic carbocycles. The summed E-state index contributed by atoms with van der Waals surface area (Å²) < 4.78 is 7.60. The number of nitriles is 1. The third-order valence-electron chi connectivity index (χ3n) is 3.96. The van der Waals surface area contributed by atoms with Crippen LogP contribution in [0.25, 0.3) is 0 Å². The number of carbonyl (C=O) groups excluding carboxylic acids is 1. The van der Waals surface area contributed by atoms with Crippen molar-refractivity contribution in [2.75, 3.05) is 0 Å². The van der Waals surface area contributed by atoms with Gasteiger partial charge in [-0.3, -0.25) is 4.79 Å². The molecule has 3 aromatic rings. The van der Waals surface area contributed by atoms with Gasteiger partial charge in [-0.05, 0) is 24.3 Å². The average molecular weight is 346 g/mol. The molecule has 0 aliphatic heterocycles. The predicted molar refractivity (Wildman–Crippen MR) is 96.3 cm³/mol. The van der Waals surface area contributed by atoms with Crippen molar-refractivity contribution in [3.8, 4) is 11.8 Å². The van der Waals surface area contributed by atoms with Gasteiger partial charge >= 0.3 is 0 Å². The van der Waals surface area contributed by atoms with Gasteiger partial charge in [0.2, 0.25) is 0 Å². The Bertz CT molecular complexity index is 956. The summed E-state index contributed by atoms with van der Waals surface area (Å²) in [6, 6.07) is 16.4. The number of aryl methyl sites for hydroxylation is 1. The summed E-state index contributed by atoms with van der Waals surface area (Å²) in [5.74, 6) is 1.15. The fraction of sp³-hybridized carbons (Fsp3) is 0.150. The van der Waals surface area contributed by atoms with Crippen LogP contribution in [0.3, 0.4) is 0 Å². The topological polar surface area (TPSA) is 79.9 Å². The summed E-state index contributed by atoms with van der Waals surface area (Å²) >= 11 is 0. The number of hydrogen-bond donors (Lipinski definition) is 1. The van der Waals surface area contributed by atoms with Crippen molar-refractivity contribution in [2.45, 2.75) is 13.2 Å². The normalized spacial score (nSPS) is 10.2. The molecule has 0 fully saturated rings. The molecule has 0 saturated heterocycles. The lowest BCUT2D eigenvalue weighted by Gasteiger charge is -2.10. The summed E-state index contributed by atoms with van der Waals surface area (Å²) in [7, 11) is 1.88. The number of aromatic nitrogens is 2. The molecule has 26 heavy (non-hydrogen) atoms. The summed E-state index contributed by atoms with van der Waals surface area (Å²) in [5, 5.41) is 12.0. The molecule has 2 aromatic carbocycles. The summed E-state index contributed by atoms with van der Waals surface area (Å²) in [4.78, 5) is 16.5. The van der Waals surface area contributed by atoms with Crippen LogP contribution in [0.1, 0.15) is 27.3 Å².